The van der Waals surface area contributed by atoms with Gasteiger partial charge in [0.25, 0.3) is 5.91 Å². The third-order valence-electron chi connectivity index (χ3n) is 2.68. The van der Waals surface area contributed by atoms with E-state index in [1.54, 1.807) is 19.1 Å². The van der Waals surface area contributed by atoms with Crippen LogP contribution in [0.5, 0.6) is 0 Å². The molecule has 1 aliphatic rings. The highest BCUT2D eigenvalue weighted by atomic mass is 35.5. The van der Waals surface area contributed by atoms with Gasteiger partial charge in [-0.15, -0.1) is 0 Å². The summed E-state index contributed by atoms with van der Waals surface area (Å²) in [5.74, 6) is -0.130. The van der Waals surface area contributed by atoms with Crippen molar-refractivity contribution in [3.8, 4) is 0 Å². The molecule has 1 aromatic rings. The molecule has 1 unspecified atom stereocenters. The minimum absolute atomic E-state index is 0.130. The summed E-state index contributed by atoms with van der Waals surface area (Å²) in [6.07, 6.45) is 3.20. The topological polar surface area (TPSA) is 51.2 Å². The summed E-state index contributed by atoms with van der Waals surface area (Å²) in [6.45, 7) is 2.45. The molecule has 86 valence electrons. The minimum atomic E-state index is -0.709. The summed E-state index contributed by atoms with van der Waals surface area (Å²) in [4.78, 5) is 15.8. The fraction of sp³-hybridized carbons (Fsp3) is 0.455. The molecule has 0 saturated carbocycles. The van der Waals surface area contributed by atoms with Crippen molar-refractivity contribution in [1.29, 1.82) is 0 Å². The second-order valence-electron chi connectivity index (χ2n) is 4.01. The maximum Gasteiger partial charge on any atom is 0.256 e. The van der Waals surface area contributed by atoms with Crippen LogP contribution >= 0.6 is 11.6 Å². The van der Waals surface area contributed by atoms with Crippen LogP contribution in [0.15, 0.2) is 18.3 Å². The van der Waals surface area contributed by atoms with E-state index >= 15 is 0 Å². The number of hydrogen-bond donors (Lipinski definition) is 1. The maximum atomic E-state index is 11.9. The Hall–Kier alpha value is -1.13. The molecule has 1 N–H and O–H groups in total. The molecule has 1 aliphatic heterocycles. The van der Waals surface area contributed by atoms with Crippen molar-refractivity contribution in [3.63, 3.8) is 0 Å². The molecule has 0 bridgehead atoms. The highest BCUT2D eigenvalue weighted by molar-refractivity contribution is 6.29. The lowest BCUT2D eigenvalue weighted by Crippen LogP contribution is -2.39. The molecule has 0 aliphatic carbocycles. The lowest BCUT2D eigenvalue weighted by atomic mass is 10.0. The Morgan fingerprint density at radius 3 is 3.00 bits per heavy atom. The molecule has 1 amide bonds. The molecule has 1 saturated heterocycles. The van der Waals surface area contributed by atoms with Crippen molar-refractivity contribution in [2.75, 3.05) is 11.9 Å². The van der Waals surface area contributed by atoms with Gasteiger partial charge in [-0.25, -0.2) is 4.98 Å². The van der Waals surface area contributed by atoms with E-state index in [0.29, 0.717) is 17.4 Å². The average Bonchev–Trinajstić information content (AvgIpc) is 2.70. The third-order valence-corrected chi connectivity index (χ3v) is 2.91. The standard InChI is InChI=1S/C11H13ClN2O2/c1-11(5-2-6-16-11)10(15)14-8-3-4-9(12)13-7-8/h3-4,7H,2,5-6H2,1H3,(H,14,15). The molecule has 0 spiro atoms. The number of rotatable bonds is 2. The fourth-order valence-electron chi connectivity index (χ4n) is 1.67. The number of nitrogens with one attached hydrogen (secondary N) is 1. The molecule has 1 fully saturated rings. The van der Waals surface area contributed by atoms with Crippen LogP contribution in [0.2, 0.25) is 5.15 Å². The molecule has 16 heavy (non-hydrogen) atoms. The fourth-order valence-corrected chi connectivity index (χ4v) is 1.78. The van der Waals surface area contributed by atoms with Crippen LogP contribution in [-0.4, -0.2) is 23.1 Å². The smallest absolute Gasteiger partial charge is 0.256 e. The van der Waals surface area contributed by atoms with Crippen molar-refractivity contribution in [2.45, 2.75) is 25.4 Å². The van der Waals surface area contributed by atoms with Crippen LogP contribution in [0.3, 0.4) is 0 Å². The Bertz CT molecular complexity index is 385. The van der Waals surface area contributed by atoms with E-state index in [9.17, 15) is 4.79 Å². The van der Waals surface area contributed by atoms with Crippen molar-refractivity contribution in [1.82, 2.24) is 4.98 Å². The Morgan fingerprint density at radius 1 is 1.62 bits per heavy atom. The highest BCUT2D eigenvalue weighted by Gasteiger charge is 2.37. The number of aromatic nitrogens is 1. The number of hydrogen-bond acceptors (Lipinski definition) is 3. The van der Waals surface area contributed by atoms with E-state index in [-0.39, 0.29) is 5.91 Å². The van der Waals surface area contributed by atoms with Crippen molar-refractivity contribution in [3.05, 3.63) is 23.5 Å². The van der Waals surface area contributed by atoms with E-state index in [1.165, 1.54) is 6.20 Å². The number of amides is 1. The molecule has 2 heterocycles. The molecular weight excluding hydrogens is 228 g/mol. The van der Waals surface area contributed by atoms with E-state index in [1.807, 2.05) is 0 Å². The van der Waals surface area contributed by atoms with E-state index in [0.717, 1.165) is 12.8 Å². The summed E-state index contributed by atoms with van der Waals surface area (Å²) < 4.78 is 5.44. The summed E-state index contributed by atoms with van der Waals surface area (Å²) in [7, 11) is 0. The highest BCUT2D eigenvalue weighted by Crippen LogP contribution is 2.26. The third kappa shape index (κ3) is 2.33. The van der Waals surface area contributed by atoms with Gasteiger partial charge >= 0.3 is 0 Å². The Balaban J connectivity index is 2.04. The van der Waals surface area contributed by atoms with Crippen molar-refractivity contribution < 1.29 is 9.53 Å². The summed E-state index contributed by atoms with van der Waals surface area (Å²) in [5.41, 5.74) is -0.0780. The van der Waals surface area contributed by atoms with Gasteiger partial charge in [-0.05, 0) is 31.9 Å². The van der Waals surface area contributed by atoms with Gasteiger partial charge in [0.05, 0.1) is 11.9 Å². The van der Waals surface area contributed by atoms with Crippen LogP contribution in [0.1, 0.15) is 19.8 Å². The first-order chi connectivity index (χ1) is 7.60. The molecule has 4 nitrogen and oxygen atoms in total. The predicted octanol–water partition coefficient (Wildman–Crippen LogP) is 2.24. The predicted molar refractivity (Wildman–Crippen MR) is 61.5 cm³/mol. The zero-order valence-electron chi connectivity index (χ0n) is 9.00. The number of nitrogens with zero attached hydrogens (tertiary/aromatic N) is 1. The summed E-state index contributed by atoms with van der Waals surface area (Å²) >= 11 is 5.65. The number of pyridine rings is 1. The number of carbonyl (C=O) groups excluding carboxylic acids is 1. The van der Waals surface area contributed by atoms with Crippen molar-refractivity contribution in [2.24, 2.45) is 0 Å². The zero-order valence-corrected chi connectivity index (χ0v) is 9.75. The van der Waals surface area contributed by atoms with Gasteiger partial charge in [0.15, 0.2) is 0 Å². The largest absolute Gasteiger partial charge is 0.365 e. The Kier molecular flexibility index (Phi) is 3.12. The average molecular weight is 241 g/mol. The molecular formula is C11H13ClN2O2. The van der Waals surface area contributed by atoms with E-state index in [2.05, 4.69) is 10.3 Å². The van der Waals surface area contributed by atoms with Crippen LogP contribution in [0.25, 0.3) is 0 Å². The zero-order chi connectivity index (χ0) is 11.6. The van der Waals surface area contributed by atoms with Gasteiger partial charge in [0, 0.05) is 6.61 Å². The first kappa shape index (κ1) is 11.4. The number of anilines is 1. The van der Waals surface area contributed by atoms with Gasteiger partial charge in [-0.1, -0.05) is 11.6 Å². The quantitative estimate of drug-likeness (QED) is 0.807. The normalized spacial score (nSPS) is 24.4. The van der Waals surface area contributed by atoms with Gasteiger partial charge in [0.1, 0.15) is 10.8 Å². The first-order valence-corrected chi connectivity index (χ1v) is 5.55. The van der Waals surface area contributed by atoms with Gasteiger partial charge in [-0.3, -0.25) is 4.79 Å². The summed E-state index contributed by atoms with van der Waals surface area (Å²) in [6, 6.07) is 3.35. The Labute approximate surface area is 99.0 Å². The van der Waals surface area contributed by atoms with Gasteiger partial charge < -0.3 is 10.1 Å². The molecule has 5 heteroatoms. The number of halogens is 1. The van der Waals surface area contributed by atoms with Crippen LogP contribution < -0.4 is 5.32 Å². The van der Waals surface area contributed by atoms with E-state index in [4.69, 9.17) is 16.3 Å². The minimum Gasteiger partial charge on any atom is -0.365 e. The molecule has 0 radical (unpaired) electrons. The lowest BCUT2D eigenvalue weighted by molar-refractivity contribution is -0.133. The maximum absolute atomic E-state index is 11.9. The second-order valence-corrected chi connectivity index (χ2v) is 4.39. The molecule has 1 atom stereocenters. The lowest BCUT2D eigenvalue weighted by Gasteiger charge is -2.21. The van der Waals surface area contributed by atoms with Crippen LogP contribution in [-0.2, 0) is 9.53 Å². The van der Waals surface area contributed by atoms with Gasteiger partial charge in [-0.2, -0.15) is 0 Å². The summed E-state index contributed by atoms with van der Waals surface area (Å²) in [5, 5.41) is 3.17. The number of carbonyl (C=O) groups is 1. The second kappa shape index (κ2) is 4.39. The molecule has 2 rings (SSSR count). The molecule has 0 aromatic carbocycles. The monoisotopic (exact) mass is 240 g/mol. The van der Waals surface area contributed by atoms with Crippen molar-refractivity contribution >= 4 is 23.2 Å². The van der Waals surface area contributed by atoms with Crippen LogP contribution in [0.4, 0.5) is 5.69 Å². The number of ether oxygens (including phenoxy) is 1. The van der Waals surface area contributed by atoms with Crippen LogP contribution in [0, 0.1) is 0 Å². The Morgan fingerprint density at radius 2 is 2.44 bits per heavy atom. The van der Waals surface area contributed by atoms with Gasteiger partial charge in [0.2, 0.25) is 0 Å². The SMILES string of the molecule is CC1(C(=O)Nc2ccc(Cl)nc2)CCCO1. The van der Waals surface area contributed by atoms with E-state index < -0.39 is 5.60 Å². The molecule has 1 aromatic heterocycles. The first-order valence-electron chi connectivity index (χ1n) is 5.17.